The number of aromatic nitrogens is 1. The third-order valence-corrected chi connectivity index (χ3v) is 4.15. The van der Waals surface area contributed by atoms with Crippen LogP contribution in [-0.4, -0.2) is 11.0 Å². The van der Waals surface area contributed by atoms with E-state index in [0.29, 0.717) is 6.04 Å². The van der Waals surface area contributed by atoms with E-state index in [0.717, 1.165) is 18.0 Å². The fourth-order valence-corrected chi connectivity index (χ4v) is 3.08. The van der Waals surface area contributed by atoms with E-state index in [2.05, 4.69) is 53.8 Å². The minimum Gasteiger partial charge on any atom is -0.310 e. The Morgan fingerprint density at radius 2 is 2.28 bits per heavy atom. The van der Waals surface area contributed by atoms with Gasteiger partial charge in [0.05, 0.1) is 11.2 Å². The fourth-order valence-electron chi connectivity index (χ4n) is 1.53. The smallest absolute Gasteiger partial charge is 0.0795 e. The summed E-state index contributed by atoms with van der Waals surface area (Å²) in [7, 11) is 0. The second kappa shape index (κ2) is 6.92. The van der Waals surface area contributed by atoms with Gasteiger partial charge in [0.25, 0.3) is 0 Å². The van der Waals surface area contributed by atoms with Crippen molar-refractivity contribution in [2.75, 3.05) is 0 Å². The summed E-state index contributed by atoms with van der Waals surface area (Å²) >= 11 is 3.50. The molecular formula is C14H18N2S2. The topological polar surface area (TPSA) is 24.9 Å². The summed E-state index contributed by atoms with van der Waals surface area (Å²) in [5.41, 5.74) is 4.39. The second-order valence-corrected chi connectivity index (χ2v) is 6.22. The lowest BCUT2D eigenvalue weighted by molar-refractivity contribution is 0.588. The van der Waals surface area contributed by atoms with E-state index in [-0.39, 0.29) is 0 Å². The molecule has 0 bridgehead atoms. The molecule has 2 rings (SSSR count). The van der Waals surface area contributed by atoms with Crippen LogP contribution in [0.25, 0.3) is 0 Å². The van der Waals surface area contributed by atoms with Gasteiger partial charge in [0.1, 0.15) is 0 Å². The molecular weight excluding hydrogens is 260 g/mol. The Balaban J connectivity index is 1.90. The normalized spacial score (nSPS) is 11.1. The quantitative estimate of drug-likeness (QED) is 0.810. The van der Waals surface area contributed by atoms with Gasteiger partial charge in [0.15, 0.2) is 0 Å². The summed E-state index contributed by atoms with van der Waals surface area (Å²) < 4.78 is 0. The van der Waals surface area contributed by atoms with Crippen molar-refractivity contribution in [3.8, 4) is 0 Å². The maximum Gasteiger partial charge on any atom is 0.0795 e. The van der Waals surface area contributed by atoms with Crippen molar-refractivity contribution < 1.29 is 0 Å². The van der Waals surface area contributed by atoms with Gasteiger partial charge in [0.2, 0.25) is 0 Å². The maximum atomic E-state index is 4.30. The van der Waals surface area contributed by atoms with Gasteiger partial charge in [-0.3, -0.25) is 0 Å². The zero-order valence-corrected chi connectivity index (χ0v) is 12.4. The Labute approximate surface area is 117 Å². The van der Waals surface area contributed by atoms with Crippen molar-refractivity contribution in [2.24, 2.45) is 0 Å². The highest BCUT2D eigenvalue weighted by atomic mass is 32.2. The SMILES string of the molecule is CC(C)NCc1cccc(SCc2cscn2)c1. The highest BCUT2D eigenvalue weighted by molar-refractivity contribution is 7.98. The minimum absolute atomic E-state index is 0.524. The first-order valence-electron chi connectivity index (χ1n) is 6.06. The molecule has 0 saturated heterocycles. The molecule has 18 heavy (non-hydrogen) atoms. The van der Waals surface area contributed by atoms with E-state index in [4.69, 9.17) is 0 Å². The van der Waals surface area contributed by atoms with Crippen LogP contribution in [0.3, 0.4) is 0 Å². The average Bonchev–Trinajstić information content (AvgIpc) is 2.87. The van der Waals surface area contributed by atoms with Crippen LogP contribution < -0.4 is 5.32 Å². The van der Waals surface area contributed by atoms with Gasteiger partial charge in [-0.2, -0.15) is 0 Å². The third kappa shape index (κ3) is 4.44. The van der Waals surface area contributed by atoms with Crippen molar-refractivity contribution in [3.63, 3.8) is 0 Å². The molecule has 0 amide bonds. The van der Waals surface area contributed by atoms with Crippen molar-refractivity contribution in [3.05, 3.63) is 46.4 Å². The van der Waals surface area contributed by atoms with Crippen molar-refractivity contribution in [1.82, 2.24) is 10.3 Å². The lowest BCUT2D eigenvalue weighted by atomic mass is 10.2. The maximum absolute atomic E-state index is 4.30. The monoisotopic (exact) mass is 278 g/mol. The Morgan fingerprint density at radius 1 is 1.39 bits per heavy atom. The van der Waals surface area contributed by atoms with Crippen LogP contribution in [0.15, 0.2) is 40.1 Å². The molecule has 0 aliphatic rings. The standard InChI is InChI=1S/C14H18N2S2/c1-11(2)15-7-12-4-3-5-14(6-12)18-9-13-8-17-10-16-13/h3-6,8,10-11,15H,7,9H2,1-2H3. The van der Waals surface area contributed by atoms with E-state index in [1.165, 1.54) is 10.5 Å². The molecule has 0 saturated carbocycles. The summed E-state index contributed by atoms with van der Waals surface area (Å²) in [4.78, 5) is 5.61. The number of rotatable bonds is 6. The molecule has 1 aromatic heterocycles. The Kier molecular flexibility index (Phi) is 5.23. The summed E-state index contributed by atoms with van der Waals surface area (Å²) in [5.74, 6) is 0.949. The van der Waals surface area contributed by atoms with Gasteiger partial charge >= 0.3 is 0 Å². The molecule has 0 aliphatic carbocycles. The van der Waals surface area contributed by atoms with Gasteiger partial charge in [-0.25, -0.2) is 4.98 Å². The second-order valence-electron chi connectivity index (χ2n) is 4.45. The molecule has 2 nitrogen and oxygen atoms in total. The summed E-state index contributed by atoms with van der Waals surface area (Å²) in [6, 6.07) is 9.24. The molecule has 1 heterocycles. The van der Waals surface area contributed by atoms with Crippen LogP contribution in [0.5, 0.6) is 0 Å². The lowest BCUT2D eigenvalue weighted by Crippen LogP contribution is -2.21. The van der Waals surface area contributed by atoms with Gasteiger partial charge in [-0.1, -0.05) is 26.0 Å². The highest BCUT2D eigenvalue weighted by Gasteiger charge is 2.00. The fraction of sp³-hybridized carbons (Fsp3) is 0.357. The number of hydrogen-bond acceptors (Lipinski definition) is 4. The van der Waals surface area contributed by atoms with Gasteiger partial charge in [-0.15, -0.1) is 23.1 Å². The minimum atomic E-state index is 0.524. The number of nitrogens with zero attached hydrogens (tertiary/aromatic N) is 1. The van der Waals surface area contributed by atoms with E-state index >= 15 is 0 Å². The van der Waals surface area contributed by atoms with Gasteiger partial charge in [-0.05, 0) is 17.7 Å². The Morgan fingerprint density at radius 3 is 3.00 bits per heavy atom. The van der Waals surface area contributed by atoms with Crippen LogP contribution >= 0.6 is 23.1 Å². The number of benzene rings is 1. The molecule has 0 atom stereocenters. The predicted octanol–water partition coefficient (Wildman–Crippen LogP) is 3.93. The largest absolute Gasteiger partial charge is 0.310 e. The van der Waals surface area contributed by atoms with E-state index in [1.807, 2.05) is 17.3 Å². The first kappa shape index (κ1) is 13.6. The number of nitrogens with one attached hydrogen (secondary N) is 1. The molecule has 96 valence electrons. The zero-order chi connectivity index (χ0) is 12.8. The molecule has 0 unspecified atom stereocenters. The summed E-state index contributed by atoms with van der Waals surface area (Å²) in [6.45, 7) is 5.27. The average molecular weight is 278 g/mol. The Hall–Kier alpha value is -0.840. The van der Waals surface area contributed by atoms with E-state index in [9.17, 15) is 0 Å². The molecule has 1 N–H and O–H groups in total. The zero-order valence-electron chi connectivity index (χ0n) is 10.7. The highest BCUT2D eigenvalue weighted by Crippen LogP contribution is 2.23. The molecule has 0 radical (unpaired) electrons. The van der Waals surface area contributed by atoms with Crippen molar-refractivity contribution >= 4 is 23.1 Å². The van der Waals surface area contributed by atoms with Gasteiger partial charge in [0, 0.05) is 28.6 Å². The molecule has 2 aromatic rings. The number of thioether (sulfide) groups is 1. The molecule has 0 fully saturated rings. The Bertz CT molecular complexity index is 466. The molecule has 1 aromatic carbocycles. The van der Waals surface area contributed by atoms with Crippen LogP contribution in [-0.2, 0) is 12.3 Å². The summed E-state index contributed by atoms with van der Waals surface area (Å²) in [6.07, 6.45) is 0. The molecule has 0 spiro atoms. The predicted molar refractivity (Wildman–Crippen MR) is 80.1 cm³/mol. The summed E-state index contributed by atoms with van der Waals surface area (Å²) in [5, 5.41) is 5.55. The van der Waals surface area contributed by atoms with Crippen LogP contribution in [0.1, 0.15) is 25.1 Å². The van der Waals surface area contributed by atoms with E-state index in [1.54, 1.807) is 11.3 Å². The molecule has 4 heteroatoms. The number of thiazole rings is 1. The van der Waals surface area contributed by atoms with Crippen LogP contribution in [0.2, 0.25) is 0 Å². The lowest BCUT2D eigenvalue weighted by Gasteiger charge is -2.09. The molecule has 0 aliphatic heterocycles. The number of hydrogen-bond donors (Lipinski definition) is 1. The van der Waals surface area contributed by atoms with E-state index < -0.39 is 0 Å². The van der Waals surface area contributed by atoms with Crippen LogP contribution in [0.4, 0.5) is 0 Å². The van der Waals surface area contributed by atoms with Crippen molar-refractivity contribution in [1.29, 1.82) is 0 Å². The van der Waals surface area contributed by atoms with Crippen molar-refractivity contribution in [2.45, 2.75) is 37.1 Å². The first-order chi connectivity index (χ1) is 8.74. The van der Waals surface area contributed by atoms with Gasteiger partial charge < -0.3 is 5.32 Å². The van der Waals surface area contributed by atoms with Crippen LogP contribution in [0, 0.1) is 0 Å². The third-order valence-electron chi connectivity index (χ3n) is 2.48. The first-order valence-corrected chi connectivity index (χ1v) is 7.99.